The van der Waals surface area contributed by atoms with Crippen molar-refractivity contribution in [2.24, 2.45) is 0 Å². The van der Waals surface area contributed by atoms with E-state index >= 15 is 0 Å². The number of nitrogens with two attached hydrogens (primary N) is 1. The minimum Gasteiger partial charge on any atom is -0.396 e. The van der Waals surface area contributed by atoms with Crippen molar-refractivity contribution in [2.75, 3.05) is 18.8 Å². The van der Waals surface area contributed by atoms with Gasteiger partial charge in [0, 0.05) is 31.2 Å². The van der Waals surface area contributed by atoms with E-state index in [1.807, 2.05) is 6.07 Å². The number of halogens is 1. The molecule has 2 aromatic carbocycles. The predicted molar refractivity (Wildman–Crippen MR) is 114 cm³/mol. The van der Waals surface area contributed by atoms with E-state index in [1.54, 1.807) is 12.1 Å². The quantitative estimate of drug-likeness (QED) is 0.669. The van der Waals surface area contributed by atoms with Crippen LogP contribution in [-0.2, 0) is 6.54 Å². The Morgan fingerprint density at radius 3 is 2.52 bits per heavy atom. The first-order valence-electron chi connectivity index (χ1n) is 9.68. The number of hydrogen-bond donors (Lipinski definition) is 2. The Kier molecular flexibility index (Phi) is 5.87. The first kappa shape index (κ1) is 19.5. The Morgan fingerprint density at radius 1 is 1.14 bits per heavy atom. The van der Waals surface area contributed by atoms with Crippen molar-refractivity contribution in [3.8, 4) is 11.3 Å². The zero-order valence-electron chi connectivity index (χ0n) is 16.0. The smallest absolute Gasteiger partial charge is 0.265 e. The monoisotopic (exact) mass is 410 g/mol. The molecule has 3 N–H and O–H groups in total. The van der Waals surface area contributed by atoms with Gasteiger partial charge in [0.15, 0.2) is 0 Å². The van der Waals surface area contributed by atoms with Gasteiger partial charge >= 0.3 is 0 Å². The van der Waals surface area contributed by atoms with E-state index in [9.17, 15) is 9.18 Å². The maximum atomic E-state index is 13.1. The number of hydrogen-bond acceptors (Lipinski definition) is 5. The second-order valence-electron chi connectivity index (χ2n) is 7.29. The van der Waals surface area contributed by atoms with E-state index in [0.29, 0.717) is 21.8 Å². The van der Waals surface area contributed by atoms with Crippen molar-refractivity contribution in [3.63, 3.8) is 0 Å². The van der Waals surface area contributed by atoms with E-state index in [-0.39, 0.29) is 17.8 Å². The molecule has 4 rings (SSSR count). The second-order valence-corrected chi connectivity index (χ2v) is 8.06. The molecule has 1 fully saturated rings. The summed E-state index contributed by atoms with van der Waals surface area (Å²) < 4.78 is 17.4. The summed E-state index contributed by atoms with van der Waals surface area (Å²) in [5, 5.41) is 3.10. The van der Waals surface area contributed by atoms with Gasteiger partial charge in [0.25, 0.3) is 5.91 Å². The van der Waals surface area contributed by atoms with Gasteiger partial charge in [-0.25, -0.2) is 4.39 Å². The normalized spacial score (nSPS) is 15.3. The Balaban J connectivity index is 1.34. The van der Waals surface area contributed by atoms with Gasteiger partial charge in [0.05, 0.1) is 5.69 Å². The van der Waals surface area contributed by atoms with Gasteiger partial charge in [-0.15, -0.1) is 0 Å². The lowest BCUT2D eigenvalue weighted by molar-refractivity contribution is 0.0914. The SMILES string of the molecule is Nc1c(-c2ccc(F)cc2)nsc1C(=O)NC1CCN(Cc2ccccc2)CC1. The standard InChI is InChI=1S/C22H23FN4OS/c23-17-8-6-16(7-9-17)20-19(24)21(29-26-20)22(28)25-18-10-12-27(13-11-18)14-15-4-2-1-3-5-15/h1-9,18H,10-14,24H2,(H,25,28). The molecule has 0 atom stereocenters. The third kappa shape index (κ3) is 4.63. The number of rotatable bonds is 5. The van der Waals surface area contributed by atoms with Gasteiger partial charge in [-0.05, 0) is 54.2 Å². The summed E-state index contributed by atoms with van der Waals surface area (Å²) in [4.78, 5) is 15.5. The number of carbonyl (C=O) groups excluding carboxylic acids is 1. The van der Waals surface area contributed by atoms with Crippen molar-refractivity contribution in [3.05, 3.63) is 70.9 Å². The van der Waals surface area contributed by atoms with Crippen LogP contribution in [0.1, 0.15) is 28.1 Å². The van der Waals surface area contributed by atoms with E-state index in [4.69, 9.17) is 5.73 Å². The minimum absolute atomic E-state index is 0.130. The fourth-order valence-corrected chi connectivity index (χ4v) is 4.33. The number of amides is 1. The van der Waals surface area contributed by atoms with Gasteiger partial charge < -0.3 is 11.1 Å². The number of benzene rings is 2. The predicted octanol–water partition coefficient (Wildman–Crippen LogP) is 3.93. The zero-order chi connectivity index (χ0) is 20.2. The van der Waals surface area contributed by atoms with Gasteiger partial charge in [-0.3, -0.25) is 9.69 Å². The molecule has 0 spiro atoms. The molecule has 1 saturated heterocycles. The van der Waals surface area contributed by atoms with Crippen LogP contribution in [-0.4, -0.2) is 34.3 Å². The summed E-state index contributed by atoms with van der Waals surface area (Å²) in [6, 6.07) is 16.5. The summed E-state index contributed by atoms with van der Waals surface area (Å²) in [6.07, 6.45) is 1.81. The largest absolute Gasteiger partial charge is 0.396 e. The Bertz CT molecular complexity index is 966. The molecule has 1 aromatic heterocycles. The minimum atomic E-state index is -0.320. The van der Waals surface area contributed by atoms with Gasteiger partial charge in [0.2, 0.25) is 0 Å². The molecule has 1 aliphatic rings. The third-order valence-corrected chi connectivity index (χ3v) is 6.09. The highest BCUT2D eigenvalue weighted by atomic mass is 32.1. The van der Waals surface area contributed by atoms with Crippen LogP contribution in [0.2, 0.25) is 0 Å². The van der Waals surface area contributed by atoms with E-state index in [2.05, 4.69) is 38.9 Å². The number of piperidine rings is 1. The first-order valence-corrected chi connectivity index (χ1v) is 10.5. The van der Waals surface area contributed by atoms with E-state index in [0.717, 1.165) is 44.0 Å². The maximum absolute atomic E-state index is 13.1. The van der Waals surface area contributed by atoms with Crippen LogP contribution in [0.3, 0.4) is 0 Å². The molecule has 2 heterocycles. The molecule has 1 amide bonds. The average Bonchev–Trinajstić information content (AvgIpc) is 3.12. The molecule has 0 bridgehead atoms. The molecule has 0 unspecified atom stereocenters. The number of likely N-dealkylation sites (tertiary alicyclic amines) is 1. The molecule has 3 aromatic rings. The highest BCUT2D eigenvalue weighted by Crippen LogP contribution is 2.31. The van der Waals surface area contributed by atoms with Crippen LogP contribution in [0.15, 0.2) is 54.6 Å². The number of nitrogens with one attached hydrogen (secondary N) is 1. The molecule has 7 heteroatoms. The lowest BCUT2D eigenvalue weighted by Crippen LogP contribution is -2.44. The van der Waals surface area contributed by atoms with Crippen molar-refractivity contribution >= 4 is 23.1 Å². The third-order valence-electron chi connectivity index (χ3n) is 5.22. The summed E-state index contributed by atoms with van der Waals surface area (Å²) in [5.41, 5.74) is 9.05. The fraction of sp³-hybridized carbons (Fsp3) is 0.273. The van der Waals surface area contributed by atoms with Gasteiger partial charge in [-0.2, -0.15) is 4.37 Å². The van der Waals surface area contributed by atoms with E-state index in [1.165, 1.54) is 17.7 Å². The fourth-order valence-electron chi connectivity index (χ4n) is 3.60. The zero-order valence-corrected chi connectivity index (χ0v) is 16.8. The van der Waals surface area contributed by atoms with Gasteiger partial charge in [0.1, 0.15) is 16.4 Å². The maximum Gasteiger partial charge on any atom is 0.265 e. The highest BCUT2D eigenvalue weighted by molar-refractivity contribution is 7.09. The number of nitrogen functional groups attached to an aromatic ring is 1. The lowest BCUT2D eigenvalue weighted by Gasteiger charge is -2.32. The number of aromatic nitrogens is 1. The number of anilines is 1. The Morgan fingerprint density at radius 2 is 1.83 bits per heavy atom. The molecule has 29 heavy (non-hydrogen) atoms. The van der Waals surface area contributed by atoms with E-state index < -0.39 is 0 Å². The topological polar surface area (TPSA) is 71.2 Å². The molecular formula is C22H23FN4OS. The molecule has 0 aliphatic carbocycles. The Labute approximate surface area is 173 Å². The number of carbonyl (C=O) groups is 1. The van der Waals surface area contributed by atoms with Crippen LogP contribution >= 0.6 is 11.5 Å². The van der Waals surface area contributed by atoms with Crippen LogP contribution in [0, 0.1) is 5.82 Å². The second kappa shape index (κ2) is 8.71. The molecule has 1 aliphatic heterocycles. The summed E-state index contributed by atoms with van der Waals surface area (Å²) >= 11 is 1.08. The van der Waals surface area contributed by atoms with Crippen LogP contribution in [0.4, 0.5) is 10.1 Å². The summed E-state index contributed by atoms with van der Waals surface area (Å²) in [5.74, 6) is -0.506. The molecule has 0 radical (unpaired) electrons. The first-order chi connectivity index (χ1) is 14.1. The van der Waals surface area contributed by atoms with Crippen molar-refractivity contribution in [2.45, 2.75) is 25.4 Å². The van der Waals surface area contributed by atoms with Crippen LogP contribution < -0.4 is 11.1 Å². The van der Waals surface area contributed by atoms with Crippen molar-refractivity contribution in [1.29, 1.82) is 0 Å². The summed E-state index contributed by atoms with van der Waals surface area (Å²) in [7, 11) is 0. The molecule has 0 saturated carbocycles. The molecule has 150 valence electrons. The lowest BCUT2D eigenvalue weighted by atomic mass is 10.0. The average molecular weight is 411 g/mol. The number of nitrogens with zero attached hydrogens (tertiary/aromatic N) is 2. The van der Waals surface area contributed by atoms with Crippen molar-refractivity contribution in [1.82, 2.24) is 14.6 Å². The Hall–Kier alpha value is -2.77. The molecule has 5 nitrogen and oxygen atoms in total. The van der Waals surface area contributed by atoms with Crippen LogP contribution in [0.25, 0.3) is 11.3 Å². The van der Waals surface area contributed by atoms with Crippen LogP contribution in [0.5, 0.6) is 0 Å². The summed E-state index contributed by atoms with van der Waals surface area (Å²) in [6.45, 7) is 2.82. The van der Waals surface area contributed by atoms with Crippen molar-refractivity contribution < 1.29 is 9.18 Å². The van der Waals surface area contributed by atoms with Gasteiger partial charge in [-0.1, -0.05) is 30.3 Å². The highest BCUT2D eigenvalue weighted by Gasteiger charge is 2.24. The molecular weight excluding hydrogens is 387 g/mol.